The van der Waals surface area contributed by atoms with Crippen LogP contribution in [0.5, 0.6) is 11.6 Å². The molecule has 0 saturated heterocycles. The summed E-state index contributed by atoms with van der Waals surface area (Å²) in [5.74, 6) is 1.35. The largest absolute Gasteiger partial charge is 0.497 e. The maximum Gasteiger partial charge on any atom is 0.332 e. The summed E-state index contributed by atoms with van der Waals surface area (Å²) in [7, 11) is 1.61. The van der Waals surface area contributed by atoms with Gasteiger partial charge in [0, 0.05) is 5.75 Å². The van der Waals surface area contributed by atoms with E-state index in [-0.39, 0.29) is 23.6 Å². The first kappa shape index (κ1) is 17.8. The van der Waals surface area contributed by atoms with Gasteiger partial charge in [-0.05, 0) is 28.8 Å². The Hall–Kier alpha value is -2.64. The van der Waals surface area contributed by atoms with Crippen LogP contribution in [0.2, 0.25) is 0 Å². The molecule has 1 atom stereocenters. The normalized spacial score (nSPS) is 15.7. The Labute approximate surface area is 160 Å². The van der Waals surface area contributed by atoms with Crippen molar-refractivity contribution < 1.29 is 14.9 Å². The van der Waals surface area contributed by atoms with Crippen molar-refractivity contribution in [1.29, 1.82) is 0 Å². The van der Waals surface area contributed by atoms with Crippen LogP contribution in [0.1, 0.15) is 27.8 Å². The van der Waals surface area contributed by atoms with Gasteiger partial charge < -0.3 is 14.9 Å². The van der Waals surface area contributed by atoms with Crippen molar-refractivity contribution in [3.05, 3.63) is 81.4 Å². The second-order valence-corrected chi connectivity index (χ2v) is 7.49. The molecule has 0 fully saturated rings. The maximum atomic E-state index is 13.0. The van der Waals surface area contributed by atoms with Gasteiger partial charge in [0.25, 0.3) is 0 Å². The first-order valence-electron chi connectivity index (χ1n) is 8.59. The SMILES string of the molecule is COc1ccc(Cn2c(O)c3n(c2=O)C(c2ccc(CO)cc2)SC3)cc1. The minimum atomic E-state index is -0.223. The fraction of sp³-hybridized carbons (Fsp3) is 0.250. The highest BCUT2D eigenvalue weighted by Gasteiger charge is 2.32. The van der Waals surface area contributed by atoms with E-state index in [4.69, 9.17) is 4.74 Å². The summed E-state index contributed by atoms with van der Waals surface area (Å²) < 4.78 is 8.23. The number of rotatable bonds is 5. The predicted octanol–water partition coefficient (Wildman–Crippen LogP) is 2.70. The van der Waals surface area contributed by atoms with Crippen LogP contribution in [0.25, 0.3) is 0 Å². The van der Waals surface area contributed by atoms with Gasteiger partial charge in [-0.25, -0.2) is 4.79 Å². The summed E-state index contributed by atoms with van der Waals surface area (Å²) in [6.45, 7) is 0.289. The average Bonchev–Trinajstić information content (AvgIpc) is 3.25. The number of benzene rings is 2. The zero-order valence-corrected chi connectivity index (χ0v) is 15.6. The van der Waals surface area contributed by atoms with Crippen LogP contribution in [-0.4, -0.2) is 26.5 Å². The van der Waals surface area contributed by atoms with Crippen LogP contribution in [0, 0.1) is 0 Å². The fourth-order valence-corrected chi connectivity index (χ4v) is 4.60. The van der Waals surface area contributed by atoms with Gasteiger partial charge in [-0.2, -0.15) is 0 Å². The molecule has 6 nitrogen and oxygen atoms in total. The van der Waals surface area contributed by atoms with E-state index in [1.807, 2.05) is 48.5 Å². The number of nitrogens with zero attached hydrogens (tertiary/aromatic N) is 2. The van der Waals surface area contributed by atoms with Gasteiger partial charge in [0.05, 0.1) is 26.0 Å². The Kier molecular flexibility index (Phi) is 4.72. The molecule has 1 aromatic heterocycles. The third-order valence-corrected chi connectivity index (χ3v) is 6.04. The number of aromatic hydroxyl groups is 1. The minimum absolute atomic E-state index is 0.0116. The molecule has 0 bridgehead atoms. The third-order valence-electron chi connectivity index (χ3n) is 4.80. The number of aromatic nitrogens is 2. The topological polar surface area (TPSA) is 76.6 Å². The van der Waals surface area contributed by atoms with E-state index in [9.17, 15) is 15.0 Å². The average molecular weight is 384 g/mol. The van der Waals surface area contributed by atoms with Crippen LogP contribution < -0.4 is 10.4 Å². The number of aliphatic hydroxyl groups is 1. The van der Waals surface area contributed by atoms with Gasteiger partial charge >= 0.3 is 5.69 Å². The summed E-state index contributed by atoms with van der Waals surface area (Å²) in [6.07, 6.45) is 0. The van der Waals surface area contributed by atoms with E-state index in [1.165, 1.54) is 4.57 Å². The molecule has 140 valence electrons. The minimum Gasteiger partial charge on any atom is -0.497 e. The first-order chi connectivity index (χ1) is 13.1. The smallest absolute Gasteiger partial charge is 0.332 e. The van der Waals surface area contributed by atoms with E-state index < -0.39 is 0 Å². The molecule has 1 aliphatic rings. The highest BCUT2D eigenvalue weighted by atomic mass is 32.2. The lowest BCUT2D eigenvalue weighted by atomic mass is 10.1. The Bertz CT molecular complexity index is 1010. The summed E-state index contributed by atoms with van der Waals surface area (Å²) in [4.78, 5) is 13.0. The molecule has 0 amide bonds. The van der Waals surface area contributed by atoms with Crippen molar-refractivity contribution in [2.24, 2.45) is 0 Å². The lowest BCUT2D eigenvalue weighted by Crippen LogP contribution is -2.26. The quantitative estimate of drug-likeness (QED) is 0.707. The predicted molar refractivity (Wildman–Crippen MR) is 104 cm³/mol. The van der Waals surface area contributed by atoms with E-state index in [0.717, 1.165) is 22.4 Å². The highest BCUT2D eigenvalue weighted by molar-refractivity contribution is 7.99. The summed E-state index contributed by atoms with van der Waals surface area (Å²) in [5, 5.41) is 19.6. The summed E-state index contributed by atoms with van der Waals surface area (Å²) >= 11 is 1.60. The van der Waals surface area contributed by atoms with Crippen molar-refractivity contribution in [2.45, 2.75) is 24.3 Å². The van der Waals surface area contributed by atoms with Gasteiger partial charge in [0.15, 0.2) is 0 Å². The molecule has 4 rings (SSSR count). The van der Waals surface area contributed by atoms with Crippen molar-refractivity contribution in [2.75, 3.05) is 7.11 Å². The van der Waals surface area contributed by atoms with Crippen molar-refractivity contribution >= 4 is 11.8 Å². The number of fused-ring (bicyclic) bond motifs is 1. The first-order valence-corrected chi connectivity index (χ1v) is 9.64. The molecule has 2 aromatic carbocycles. The van der Waals surface area contributed by atoms with Crippen LogP contribution in [0.15, 0.2) is 53.3 Å². The lowest BCUT2D eigenvalue weighted by Gasteiger charge is -2.12. The molecular weight excluding hydrogens is 364 g/mol. The van der Waals surface area contributed by atoms with Crippen molar-refractivity contribution in [1.82, 2.24) is 9.13 Å². The zero-order valence-electron chi connectivity index (χ0n) is 14.8. The highest BCUT2D eigenvalue weighted by Crippen LogP contribution is 2.42. The molecular formula is C20H20N2O4S. The molecule has 1 aliphatic heterocycles. The molecule has 0 aliphatic carbocycles. The molecule has 27 heavy (non-hydrogen) atoms. The second kappa shape index (κ2) is 7.17. The molecule has 0 saturated carbocycles. The summed E-state index contributed by atoms with van der Waals surface area (Å²) in [5.41, 5.74) is 3.14. The van der Waals surface area contributed by atoms with Gasteiger partial charge in [-0.1, -0.05) is 36.4 Å². The number of thioether (sulfide) groups is 1. The molecule has 1 unspecified atom stereocenters. The van der Waals surface area contributed by atoms with Crippen molar-refractivity contribution in [3.63, 3.8) is 0 Å². The van der Waals surface area contributed by atoms with E-state index in [1.54, 1.807) is 23.4 Å². The van der Waals surface area contributed by atoms with E-state index in [2.05, 4.69) is 0 Å². The second-order valence-electron chi connectivity index (χ2n) is 6.42. The Morgan fingerprint density at radius 2 is 1.78 bits per heavy atom. The molecule has 2 N–H and O–H groups in total. The molecule has 0 radical (unpaired) electrons. The van der Waals surface area contributed by atoms with Crippen molar-refractivity contribution in [3.8, 4) is 11.6 Å². The van der Waals surface area contributed by atoms with Crippen LogP contribution in [-0.2, 0) is 18.9 Å². The van der Waals surface area contributed by atoms with Crippen LogP contribution in [0.3, 0.4) is 0 Å². The Morgan fingerprint density at radius 3 is 2.41 bits per heavy atom. The number of hydrogen-bond donors (Lipinski definition) is 2. The molecule has 0 spiro atoms. The number of imidazole rings is 1. The molecule has 7 heteroatoms. The molecule has 2 heterocycles. The van der Waals surface area contributed by atoms with Gasteiger partial charge in [-0.15, -0.1) is 11.8 Å². The molecule has 3 aromatic rings. The van der Waals surface area contributed by atoms with Crippen LogP contribution >= 0.6 is 11.8 Å². The maximum absolute atomic E-state index is 13.0. The standard InChI is InChI=1S/C20H20N2O4S/c1-26-16-8-4-13(5-9-16)10-21-18(24)17-12-27-19(22(17)20(21)25)15-6-2-14(11-23)3-7-15/h2-9,19,23-24H,10-12H2,1H3. The van der Waals surface area contributed by atoms with Gasteiger partial charge in [0.2, 0.25) is 5.88 Å². The Balaban J connectivity index is 1.67. The Morgan fingerprint density at radius 1 is 1.11 bits per heavy atom. The van der Waals surface area contributed by atoms with Gasteiger partial charge in [-0.3, -0.25) is 9.13 Å². The fourth-order valence-electron chi connectivity index (χ4n) is 3.30. The number of hydrogen-bond acceptors (Lipinski definition) is 5. The number of aliphatic hydroxyl groups excluding tert-OH is 1. The lowest BCUT2D eigenvalue weighted by molar-refractivity contribution is 0.282. The summed E-state index contributed by atoms with van der Waals surface area (Å²) in [6, 6.07) is 15.0. The number of ether oxygens (including phenoxy) is 1. The van der Waals surface area contributed by atoms with Gasteiger partial charge in [0.1, 0.15) is 11.1 Å². The van der Waals surface area contributed by atoms with E-state index >= 15 is 0 Å². The van der Waals surface area contributed by atoms with E-state index in [0.29, 0.717) is 18.0 Å². The monoisotopic (exact) mass is 384 g/mol. The third kappa shape index (κ3) is 3.13. The van der Waals surface area contributed by atoms with Crippen LogP contribution in [0.4, 0.5) is 0 Å². The zero-order chi connectivity index (χ0) is 19.0. The number of methoxy groups -OCH3 is 1.